The van der Waals surface area contributed by atoms with Gasteiger partial charge in [-0.15, -0.1) is 11.3 Å². The third kappa shape index (κ3) is 2.28. The number of thiophene rings is 1. The molecule has 0 aliphatic rings. The lowest BCUT2D eigenvalue weighted by Gasteiger charge is -2.06. The van der Waals surface area contributed by atoms with Gasteiger partial charge < -0.3 is 10.5 Å². The second-order valence-electron chi connectivity index (χ2n) is 3.38. The van der Waals surface area contributed by atoms with Gasteiger partial charge >= 0.3 is 0 Å². The van der Waals surface area contributed by atoms with Crippen molar-refractivity contribution in [2.75, 3.05) is 12.8 Å². The SMILES string of the molecule is COc1cc(C(=O)c2sccc2Cl)ccc1N. The fourth-order valence-electron chi connectivity index (χ4n) is 1.44. The van der Waals surface area contributed by atoms with Gasteiger partial charge in [0.25, 0.3) is 0 Å². The molecule has 0 fully saturated rings. The molecule has 17 heavy (non-hydrogen) atoms. The number of carbonyl (C=O) groups is 1. The van der Waals surface area contributed by atoms with E-state index in [1.807, 2.05) is 0 Å². The summed E-state index contributed by atoms with van der Waals surface area (Å²) in [6.45, 7) is 0. The summed E-state index contributed by atoms with van der Waals surface area (Å²) in [5, 5.41) is 2.25. The lowest BCUT2D eigenvalue weighted by atomic mass is 10.1. The number of ether oxygens (including phenoxy) is 1. The Hall–Kier alpha value is -1.52. The molecule has 0 amide bonds. The largest absolute Gasteiger partial charge is 0.495 e. The molecule has 1 aromatic carbocycles. The van der Waals surface area contributed by atoms with E-state index >= 15 is 0 Å². The Kier molecular flexibility index (Phi) is 3.36. The van der Waals surface area contributed by atoms with Crippen LogP contribution in [0.5, 0.6) is 5.75 Å². The average Bonchev–Trinajstić information content (AvgIpc) is 2.75. The van der Waals surface area contributed by atoms with Crippen LogP contribution >= 0.6 is 22.9 Å². The summed E-state index contributed by atoms with van der Waals surface area (Å²) in [5.41, 5.74) is 6.70. The van der Waals surface area contributed by atoms with E-state index in [4.69, 9.17) is 22.1 Å². The summed E-state index contributed by atoms with van der Waals surface area (Å²) in [6.07, 6.45) is 0. The van der Waals surface area contributed by atoms with E-state index in [1.165, 1.54) is 18.4 Å². The first kappa shape index (κ1) is 12.0. The van der Waals surface area contributed by atoms with Crippen LogP contribution in [0.25, 0.3) is 0 Å². The molecule has 3 nitrogen and oxygen atoms in total. The van der Waals surface area contributed by atoms with Crippen molar-refractivity contribution in [1.29, 1.82) is 0 Å². The summed E-state index contributed by atoms with van der Waals surface area (Å²) in [6, 6.07) is 6.63. The number of hydrogen-bond donors (Lipinski definition) is 1. The predicted octanol–water partition coefficient (Wildman–Crippen LogP) is 3.22. The molecule has 0 aliphatic heterocycles. The minimum absolute atomic E-state index is 0.122. The van der Waals surface area contributed by atoms with Crippen molar-refractivity contribution in [2.24, 2.45) is 0 Å². The molecule has 0 saturated heterocycles. The zero-order valence-corrected chi connectivity index (χ0v) is 10.6. The van der Waals surface area contributed by atoms with Gasteiger partial charge in [-0.25, -0.2) is 0 Å². The van der Waals surface area contributed by atoms with Crippen LogP contribution in [0.1, 0.15) is 15.2 Å². The van der Waals surface area contributed by atoms with Gasteiger partial charge in [-0.2, -0.15) is 0 Å². The van der Waals surface area contributed by atoms with Crippen molar-refractivity contribution in [2.45, 2.75) is 0 Å². The number of carbonyl (C=O) groups excluding carboxylic acids is 1. The molecule has 0 aliphatic carbocycles. The number of hydrogen-bond acceptors (Lipinski definition) is 4. The first-order valence-corrected chi connectivity index (χ1v) is 6.10. The first-order valence-electron chi connectivity index (χ1n) is 4.84. The van der Waals surface area contributed by atoms with Crippen molar-refractivity contribution < 1.29 is 9.53 Å². The van der Waals surface area contributed by atoms with E-state index in [-0.39, 0.29) is 5.78 Å². The molecule has 5 heteroatoms. The first-order chi connectivity index (χ1) is 8.13. The highest BCUT2D eigenvalue weighted by molar-refractivity contribution is 7.13. The Bertz CT molecular complexity index is 565. The minimum atomic E-state index is -0.122. The van der Waals surface area contributed by atoms with Crippen LogP contribution in [0, 0.1) is 0 Å². The Morgan fingerprint density at radius 3 is 2.76 bits per heavy atom. The molecular weight excluding hydrogens is 258 g/mol. The van der Waals surface area contributed by atoms with Gasteiger partial charge in [0.1, 0.15) is 5.75 Å². The zero-order valence-electron chi connectivity index (χ0n) is 9.07. The summed E-state index contributed by atoms with van der Waals surface area (Å²) in [5.74, 6) is 0.367. The molecule has 0 unspecified atom stereocenters. The lowest BCUT2D eigenvalue weighted by molar-refractivity contribution is 0.104. The summed E-state index contributed by atoms with van der Waals surface area (Å²) in [7, 11) is 1.51. The van der Waals surface area contributed by atoms with Crippen LogP contribution in [0.2, 0.25) is 5.02 Å². The van der Waals surface area contributed by atoms with Gasteiger partial charge in [-0.1, -0.05) is 11.6 Å². The van der Waals surface area contributed by atoms with Crippen molar-refractivity contribution in [1.82, 2.24) is 0 Å². The smallest absolute Gasteiger partial charge is 0.204 e. The Balaban J connectivity index is 2.41. The number of methoxy groups -OCH3 is 1. The molecule has 2 aromatic rings. The number of rotatable bonds is 3. The fourth-order valence-corrected chi connectivity index (χ4v) is 2.54. The Morgan fingerprint density at radius 1 is 1.41 bits per heavy atom. The molecule has 0 saturated carbocycles. The second-order valence-corrected chi connectivity index (χ2v) is 4.71. The maximum absolute atomic E-state index is 12.1. The monoisotopic (exact) mass is 267 g/mol. The van der Waals surface area contributed by atoms with Gasteiger partial charge in [0.2, 0.25) is 5.78 Å². The van der Waals surface area contributed by atoms with Crippen LogP contribution < -0.4 is 10.5 Å². The van der Waals surface area contributed by atoms with Crippen LogP contribution in [0.15, 0.2) is 29.6 Å². The molecule has 2 rings (SSSR count). The van der Waals surface area contributed by atoms with Gasteiger partial charge in [0, 0.05) is 5.56 Å². The third-order valence-electron chi connectivity index (χ3n) is 2.32. The van der Waals surface area contributed by atoms with E-state index in [2.05, 4.69) is 0 Å². The normalized spacial score (nSPS) is 10.2. The number of halogens is 1. The van der Waals surface area contributed by atoms with Gasteiger partial charge in [-0.05, 0) is 29.6 Å². The van der Waals surface area contributed by atoms with Crippen LogP contribution in [-0.2, 0) is 0 Å². The number of nitrogen functional groups attached to an aromatic ring is 1. The van der Waals surface area contributed by atoms with Gasteiger partial charge in [0.15, 0.2) is 0 Å². The topological polar surface area (TPSA) is 52.3 Å². The van der Waals surface area contributed by atoms with Crippen molar-refractivity contribution in [3.63, 3.8) is 0 Å². The molecular formula is C12H10ClNO2S. The number of nitrogens with two attached hydrogens (primary N) is 1. The molecule has 0 spiro atoms. The van der Waals surface area contributed by atoms with E-state index in [9.17, 15) is 4.79 Å². The lowest BCUT2D eigenvalue weighted by Crippen LogP contribution is -2.01. The fraction of sp³-hybridized carbons (Fsp3) is 0.0833. The van der Waals surface area contributed by atoms with Crippen LogP contribution in [0.3, 0.4) is 0 Å². The van der Waals surface area contributed by atoms with Crippen LogP contribution in [-0.4, -0.2) is 12.9 Å². The summed E-state index contributed by atoms with van der Waals surface area (Å²) < 4.78 is 5.08. The van der Waals surface area contributed by atoms with Crippen molar-refractivity contribution >= 4 is 34.4 Å². The standard InChI is InChI=1S/C12H10ClNO2S/c1-16-10-6-7(2-3-9(10)14)11(15)12-8(13)4-5-17-12/h2-6H,14H2,1H3. The number of anilines is 1. The van der Waals surface area contributed by atoms with E-state index < -0.39 is 0 Å². The minimum Gasteiger partial charge on any atom is -0.495 e. The molecule has 0 atom stereocenters. The summed E-state index contributed by atoms with van der Waals surface area (Å²) >= 11 is 7.24. The van der Waals surface area contributed by atoms with Crippen LogP contribution in [0.4, 0.5) is 5.69 Å². The molecule has 2 N–H and O–H groups in total. The Labute approximate surface area is 108 Å². The van der Waals surface area contributed by atoms with Gasteiger partial charge in [0.05, 0.1) is 22.7 Å². The van der Waals surface area contributed by atoms with E-state index in [0.717, 1.165) is 0 Å². The number of benzene rings is 1. The summed E-state index contributed by atoms with van der Waals surface area (Å²) in [4.78, 5) is 12.7. The molecule has 88 valence electrons. The highest BCUT2D eigenvalue weighted by Gasteiger charge is 2.15. The highest BCUT2D eigenvalue weighted by atomic mass is 35.5. The highest BCUT2D eigenvalue weighted by Crippen LogP contribution is 2.28. The molecule has 1 heterocycles. The number of ketones is 1. The third-order valence-corrected chi connectivity index (χ3v) is 3.66. The molecule has 0 bridgehead atoms. The Morgan fingerprint density at radius 2 is 2.18 bits per heavy atom. The quantitative estimate of drug-likeness (QED) is 0.686. The molecule has 0 radical (unpaired) electrons. The predicted molar refractivity (Wildman–Crippen MR) is 70.2 cm³/mol. The average molecular weight is 268 g/mol. The van der Waals surface area contributed by atoms with E-state index in [0.29, 0.717) is 26.9 Å². The zero-order chi connectivity index (χ0) is 12.4. The van der Waals surface area contributed by atoms with Gasteiger partial charge in [-0.3, -0.25) is 4.79 Å². The van der Waals surface area contributed by atoms with Crippen molar-refractivity contribution in [3.8, 4) is 5.75 Å². The molecule has 1 aromatic heterocycles. The second kappa shape index (κ2) is 4.77. The maximum Gasteiger partial charge on any atom is 0.204 e. The van der Waals surface area contributed by atoms with Crippen molar-refractivity contribution in [3.05, 3.63) is 45.1 Å². The maximum atomic E-state index is 12.1. The van der Waals surface area contributed by atoms with E-state index in [1.54, 1.807) is 29.6 Å².